The van der Waals surface area contributed by atoms with Gasteiger partial charge in [-0.2, -0.15) is 5.10 Å². The van der Waals surface area contributed by atoms with Crippen LogP contribution in [0.2, 0.25) is 5.02 Å². The molecule has 1 amide bonds. The van der Waals surface area contributed by atoms with E-state index < -0.39 is 4.92 Å². The number of nitro benzene ring substituents is 1. The number of ether oxygens (including phenoxy) is 1. The molecule has 0 unspecified atom stereocenters. The Hall–Kier alpha value is -3.33. The number of amides is 1. The molecular formula is C19H19ClN4O5. The highest BCUT2D eigenvalue weighted by Crippen LogP contribution is 2.19. The highest BCUT2D eigenvalue weighted by atomic mass is 35.5. The van der Waals surface area contributed by atoms with Gasteiger partial charge < -0.3 is 14.5 Å². The molecule has 3 rings (SSSR count). The highest BCUT2D eigenvalue weighted by Gasteiger charge is 2.12. The minimum Gasteiger partial charge on any atom is -0.486 e. The van der Waals surface area contributed by atoms with E-state index in [0.717, 1.165) is 5.69 Å². The summed E-state index contributed by atoms with van der Waals surface area (Å²) in [5.41, 5.74) is 0.759. The number of hydrogen-bond acceptors (Lipinski definition) is 6. The molecule has 0 aliphatic rings. The summed E-state index contributed by atoms with van der Waals surface area (Å²) in [5.74, 6) is 0.800. The largest absolute Gasteiger partial charge is 0.486 e. The van der Waals surface area contributed by atoms with E-state index >= 15 is 0 Å². The second kappa shape index (κ2) is 9.24. The lowest BCUT2D eigenvalue weighted by atomic mass is 10.3. The number of nitro groups is 1. The first-order valence-corrected chi connectivity index (χ1v) is 9.24. The van der Waals surface area contributed by atoms with E-state index in [9.17, 15) is 14.9 Å². The van der Waals surface area contributed by atoms with Crippen molar-refractivity contribution >= 4 is 23.2 Å². The fourth-order valence-electron chi connectivity index (χ4n) is 2.53. The quantitative estimate of drug-likeness (QED) is 0.321. The van der Waals surface area contributed by atoms with E-state index in [-0.39, 0.29) is 24.0 Å². The number of nitrogens with one attached hydrogen (secondary N) is 1. The zero-order valence-corrected chi connectivity index (χ0v) is 16.4. The number of non-ortho nitro benzene ring substituents is 1. The normalized spacial score (nSPS) is 10.7. The first-order valence-electron chi connectivity index (χ1n) is 8.86. The minimum atomic E-state index is -0.480. The molecule has 29 heavy (non-hydrogen) atoms. The molecule has 0 aliphatic carbocycles. The number of benzene rings is 1. The predicted molar refractivity (Wildman–Crippen MR) is 105 cm³/mol. The maximum Gasteiger partial charge on any atom is 0.286 e. The van der Waals surface area contributed by atoms with Crippen molar-refractivity contribution < 1.29 is 18.9 Å². The maximum atomic E-state index is 12.2. The van der Waals surface area contributed by atoms with Gasteiger partial charge in [0.05, 0.1) is 15.6 Å². The highest BCUT2D eigenvalue weighted by molar-refractivity contribution is 6.31. The molecule has 10 heteroatoms. The Balaban J connectivity index is 1.42. The molecule has 0 spiro atoms. The molecule has 0 aliphatic heterocycles. The topological polar surface area (TPSA) is 112 Å². The number of halogens is 1. The summed E-state index contributed by atoms with van der Waals surface area (Å²) in [6.45, 7) is 3.04. The van der Waals surface area contributed by atoms with Crippen molar-refractivity contribution in [3.05, 3.63) is 74.9 Å². The van der Waals surface area contributed by atoms with Gasteiger partial charge in [0.2, 0.25) is 0 Å². The first kappa shape index (κ1) is 20.4. The Bertz CT molecular complexity index is 977. The Labute approximate surface area is 171 Å². The van der Waals surface area contributed by atoms with Crippen LogP contribution in [-0.4, -0.2) is 27.2 Å². The third-order valence-electron chi connectivity index (χ3n) is 4.05. The number of furan rings is 1. The molecule has 2 heterocycles. The van der Waals surface area contributed by atoms with Gasteiger partial charge in [-0.15, -0.1) is 0 Å². The van der Waals surface area contributed by atoms with Gasteiger partial charge in [0.25, 0.3) is 11.6 Å². The molecule has 0 radical (unpaired) electrons. The zero-order valence-electron chi connectivity index (χ0n) is 15.6. The number of carbonyl (C=O) groups excluding carboxylic acids is 1. The van der Waals surface area contributed by atoms with Crippen molar-refractivity contribution in [1.29, 1.82) is 0 Å². The van der Waals surface area contributed by atoms with Crippen LogP contribution in [0.4, 0.5) is 5.69 Å². The van der Waals surface area contributed by atoms with Gasteiger partial charge in [0.15, 0.2) is 5.76 Å². The summed E-state index contributed by atoms with van der Waals surface area (Å²) in [4.78, 5) is 22.3. The summed E-state index contributed by atoms with van der Waals surface area (Å²) >= 11 is 5.96. The van der Waals surface area contributed by atoms with Crippen LogP contribution in [0.3, 0.4) is 0 Å². The van der Waals surface area contributed by atoms with Crippen LogP contribution in [0.25, 0.3) is 0 Å². The summed E-state index contributed by atoms with van der Waals surface area (Å²) < 4.78 is 12.7. The van der Waals surface area contributed by atoms with Gasteiger partial charge in [0.1, 0.15) is 18.1 Å². The molecule has 0 saturated heterocycles. The number of aryl methyl sites for hydroxylation is 2. The third-order valence-corrected chi connectivity index (χ3v) is 4.42. The molecule has 9 nitrogen and oxygen atoms in total. The minimum absolute atomic E-state index is 0.0138. The van der Waals surface area contributed by atoms with Crippen LogP contribution >= 0.6 is 11.6 Å². The monoisotopic (exact) mass is 418 g/mol. The first-order chi connectivity index (χ1) is 13.9. The van der Waals surface area contributed by atoms with Crippen molar-refractivity contribution in [2.75, 3.05) is 6.54 Å². The Morgan fingerprint density at radius 1 is 1.31 bits per heavy atom. The number of hydrogen-bond donors (Lipinski definition) is 1. The number of rotatable bonds is 9. The van der Waals surface area contributed by atoms with Crippen molar-refractivity contribution in [3.8, 4) is 5.75 Å². The van der Waals surface area contributed by atoms with Crippen LogP contribution in [0.15, 0.2) is 47.0 Å². The van der Waals surface area contributed by atoms with E-state index in [1.807, 2.05) is 6.92 Å². The van der Waals surface area contributed by atoms with Gasteiger partial charge in [0, 0.05) is 31.4 Å². The fourth-order valence-corrected chi connectivity index (χ4v) is 2.68. The number of nitrogens with zero attached hydrogens (tertiary/aromatic N) is 3. The summed E-state index contributed by atoms with van der Waals surface area (Å²) in [6, 6.07) is 8.94. The molecule has 152 valence electrons. The van der Waals surface area contributed by atoms with Crippen molar-refractivity contribution in [2.24, 2.45) is 0 Å². The lowest BCUT2D eigenvalue weighted by molar-refractivity contribution is -0.384. The van der Waals surface area contributed by atoms with E-state index in [2.05, 4.69) is 10.4 Å². The standard InChI is InChI=1S/C19H19ClN4O5/c1-13-17(20)11-23(22-13)10-2-9-21-19(25)18-8-7-16(29-18)12-28-15-5-3-14(4-6-15)24(26)27/h3-8,11H,2,9-10,12H2,1H3,(H,21,25). The molecular weight excluding hydrogens is 400 g/mol. The smallest absolute Gasteiger partial charge is 0.286 e. The molecule has 3 aromatic rings. The van der Waals surface area contributed by atoms with Crippen molar-refractivity contribution in [2.45, 2.75) is 26.5 Å². The van der Waals surface area contributed by atoms with Gasteiger partial charge in [-0.25, -0.2) is 0 Å². The van der Waals surface area contributed by atoms with E-state index in [4.69, 9.17) is 20.8 Å². The van der Waals surface area contributed by atoms with Crippen LogP contribution in [0, 0.1) is 17.0 Å². The predicted octanol–water partition coefficient (Wildman–Crippen LogP) is 3.75. The lowest BCUT2D eigenvalue weighted by Gasteiger charge is -2.05. The molecule has 0 fully saturated rings. The van der Waals surface area contributed by atoms with Crippen LogP contribution < -0.4 is 10.1 Å². The van der Waals surface area contributed by atoms with Gasteiger partial charge in [-0.3, -0.25) is 19.6 Å². The molecule has 2 aromatic heterocycles. The third kappa shape index (κ3) is 5.58. The van der Waals surface area contributed by atoms with Gasteiger partial charge in [-0.1, -0.05) is 11.6 Å². The molecule has 0 bridgehead atoms. The molecule has 0 atom stereocenters. The number of aromatic nitrogens is 2. The van der Waals surface area contributed by atoms with Crippen molar-refractivity contribution in [3.63, 3.8) is 0 Å². The van der Waals surface area contributed by atoms with Gasteiger partial charge in [-0.05, 0) is 37.6 Å². The summed E-state index contributed by atoms with van der Waals surface area (Å²) in [7, 11) is 0. The van der Waals surface area contributed by atoms with Crippen LogP contribution in [0.1, 0.15) is 28.4 Å². The molecule has 1 aromatic carbocycles. The Morgan fingerprint density at radius 3 is 2.72 bits per heavy atom. The average molecular weight is 419 g/mol. The Morgan fingerprint density at radius 2 is 2.07 bits per heavy atom. The maximum absolute atomic E-state index is 12.2. The van der Waals surface area contributed by atoms with Crippen LogP contribution in [0.5, 0.6) is 5.75 Å². The van der Waals surface area contributed by atoms with E-state index in [0.29, 0.717) is 36.0 Å². The fraction of sp³-hybridized carbons (Fsp3) is 0.263. The number of carbonyl (C=O) groups is 1. The van der Waals surface area contributed by atoms with Crippen molar-refractivity contribution in [1.82, 2.24) is 15.1 Å². The van der Waals surface area contributed by atoms with E-state index in [1.54, 1.807) is 23.0 Å². The van der Waals surface area contributed by atoms with Crippen LogP contribution in [-0.2, 0) is 13.2 Å². The molecule has 1 N–H and O–H groups in total. The SMILES string of the molecule is Cc1nn(CCCNC(=O)c2ccc(COc3ccc([N+](=O)[O-])cc3)o2)cc1Cl. The molecule has 0 saturated carbocycles. The second-order valence-corrected chi connectivity index (χ2v) is 6.65. The average Bonchev–Trinajstić information content (AvgIpc) is 3.30. The summed E-state index contributed by atoms with van der Waals surface area (Å²) in [6.07, 6.45) is 2.45. The lowest BCUT2D eigenvalue weighted by Crippen LogP contribution is -2.24. The second-order valence-electron chi connectivity index (χ2n) is 6.24. The summed E-state index contributed by atoms with van der Waals surface area (Å²) in [5, 5.41) is 18.3. The Kier molecular flexibility index (Phi) is 6.50. The zero-order chi connectivity index (χ0) is 20.8. The van der Waals surface area contributed by atoms with Gasteiger partial charge >= 0.3 is 0 Å². The van der Waals surface area contributed by atoms with E-state index in [1.165, 1.54) is 24.3 Å².